The zero-order valence-corrected chi connectivity index (χ0v) is 11.2. The summed E-state index contributed by atoms with van der Waals surface area (Å²) in [5, 5.41) is 13.4. The Morgan fingerprint density at radius 2 is 2.20 bits per heavy atom. The third-order valence-corrected chi connectivity index (χ3v) is 2.67. The standard InChI is InChI=1S/C12H18N4O4/c1-20-7-3-2-6-14-12(17)10-8-9(16(18)19)4-5-11(10)15-13/h4-5,8,15H,2-3,6-7,13H2,1H3,(H,14,17). The number of nitrogens with zero attached hydrogens (tertiary/aromatic N) is 1. The fourth-order valence-electron chi connectivity index (χ4n) is 1.63. The number of carbonyl (C=O) groups excluding carboxylic acids is 1. The molecule has 1 rings (SSSR count). The maximum Gasteiger partial charge on any atom is 0.270 e. The Hall–Kier alpha value is -2.19. The van der Waals surface area contributed by atoms with Gasteiger partial charge in [0.1, 0.15) is 0 Å². The molecule has 0 heterocycles. The van der Waals surface area contributed by atoms with Gasteiger partial charge >= 0.3 is 0 Å². The van der Waals surface area contributed by atoms with Gasteiger partial charge in [0.15, 0.2) is 0 Å². The van der Waals surface area contributed by atoms with E-state index >= 15 is 0 Å². The molecule has 0 aromatic heterocycles. The molecule has 0 aliphatic heterocycles. The number of methoxy groups -OCH3 is 1. The van der Waals surface area contributed by atoms with Gasteiger partial charge in [-0.1, -0.05) is 0 Å². The molecule has 110 valence electrons. The van der Waals surface area contributed by atoms with E-state index in [1.807, 2.05) is 0 Å². The summed E-state index contributed by atoms with van der Waals surface area (Å²) in [5.41, 5.74) is 2.68. The monoisotopic (exact) mass is 282 g/mol. The van der Waals surface area contributed by atoms with Crippen LogP contribution in [0.1, 0.15) is 23.2 Å². The molecule has 8 nitrogen and oxygen atoms in total. The highest BCUT2D eigenvalue weighted by atomic mass is 16.6. The molecule has 0 spiro atoms. The van der Waals surface area contributed by atoms with Crippen LogP contribution in [0.4, 0.5) is 11.4 Å². The van der Waals surface area contributed by atoms with E-state index in [-0.39, 0.29) is 11.3 Å². The smallest absolute Gasteiger partial charge is 0.270 e. The Labute approximate surface area is 116 Å². The molecule has 0 bridgehead atoms. The Bertz CT molecular complexity index is 479. The number of hydrazine groups is 1. The highest BCUT2D eigenvalue weighted by Gasteiger charge is 2.15. The Morgan fingerprint density at radius 3 is 2.80 bits per heavy atom. The number of anilines is 1. The van der Waals surface area contributed by atoms with Crippen LogP contribution < -0.4 is 16.6 Å². The third kappa shape index (κ3) is 4.48. The largest absolute Gasteiger partial charge is 0.385 e. The van der Waals surface area contributed by atoms with Crippen molar-refractivity contribution in [3.05, 3.63) is 33.9 Å². The number of non-ortho nitro benzene ring substituents is 1. The predicted octanol–water partition coefficient (Wildman–Crippen LogP) is 1.04. The summed E-state index contributed by atoms with van der Waals surface area (Å²) in [6, 6.07) is 3.88. The number of benzene rings is 1. The second kappa shape index (κ2) is 8.08. The predicted molar refractivity (Wildman–Crippen MR) is 74.3 cm³/mol. The molecule has 8 heteroatoms. The minimum Gasteiger partial charge on any atom is -0.385 e. The number of nitrogen functional groups attached to an aromatic ring is 1. The van der Waals surface area contributed by atoms with E-state index < -0.39 is 10.8 Å². The molecule has 1 aromatic rings. The number of nitrogens with two attached hydrogens (primary N) is 1. The quantitative estimate of drug-likeness (QED) is 0.283. The van der Waals surface area contributed by atoms with Crippen LogP contribution in [0.25, 0.3) is 0 Å². The second-order valence-corrected chi connectivity index (χ2v) is 4.09. The summed E-state index contributed by atoms with van der Waals surface area (Å²) in [7, 11) is 1.61. The second-order valence-electron chi connectivity index (χ2n) is 4.09. The van der Waals surface area contributed by atoms with Crippen molar-refractivity contribution in [3.63, 3.8) is 0 Å². The molecular formula is C12H18N4O4. The molecule has 0 radical (unpaired) electrons. The molecule has 0 fully saturated rings. The summed E-state index contributed by atoms with van der Waals surface area (Å²) in [5.74, 6) is 4.89. The van der Waals surface area contributed by atoms with E-state index in [1.165, 1.54) is 18.2 Å². The first-order chi connectivity index (χ1) is 9.60. The van der Waals surface area contributed by atoms with Gasteiger partial charge in [-0.15, -0.1) is 0 Å². The normalized spacial score (nSPS) is 10.1. The molecule has 0 saturated heterocycles. The zero-order chi connectivity index (χ0) is 15.0. The van der Waals surface area contributed by atoms with E-state index in [0.717, 1.165) is 12.8 Å². The molecule has 4 N–H and O–H groups in total. The topological polar surface area (TPSA) is 120 Å². The van der Waals surface area contributed by atoms with Crippen LogP contribution in [0, 0.1) is 10.1 Å². The molecule has 1 amide bonds. The number of unbranched alkanes of at least 4 members (excludes halogenated alkanes) is 1. The maximum atomic E-state index is 12.0. The van der Waals surface area contributed by atoms with Gasteiger partial charge < -0.3 is 15.5 Å². The lowest BCUT2D eigenvalue weighted by Gasteiger charge is -2.09. The minimum absolute atomic E-state index is 0.147. The molecule has 1 aromatic carbocycles. The highest BCUT2D eigenvalue weighted by molar-refractivity contribution is 6.00. The van der Waals surface area contributed by atoms with Crippen LogP contribution in [0.3, 0.4) is 0 Å². The van der Waals surface area contributed by atoms with Gasteiger partial charge in [0.25, 0.3) is 11.6 Å². The van der Waals surface area contributed by atoms with Gasteiger partial charge in [-0.25, -0.2) is 0 Å². The van der Waals surface area contributed by atoms with Crippen molar-refractivity contribution in [2.45, 2.75) is 12.8 Å². The number of ether oxygens (including phenoxy) is 1. The lowest BCUT2D eigenvalue weighted by Crippen LogP contribution is -2.26. The highest BCUT2D eigenvalue weighted by Crippen LogP contribution is 2.21. The molecule has 0 aliphatic carbocycles. The lowest BCUT2D eigenvalue weighted by atomic mass is 10.1. The van der Waals surface area contributed by atoms with Crippen molar-refractivity contribution in [2.24, 2.45) is 5.84 Å². The van der Waals surface area contributed by atoms with Gasteiger partial charge in [-0.3, -0.25) is 20.8 Å². The van der Waals surface area contributed by atoms with Gasteiger partial charge in [-0.2, -0.15) is 0 Å². The molecule has 20 heavy (non-hydrogen) atoms. The number of nitro groups is 1. The Kier molecular flexibility index (Phi) is 6.41. The average molecular weight is 282 g/mol. The number of hydrogen-bond acceptors (Lipinski definition) is 6. The average Bonchev–Trinajstić information content (AvgIpc) is 2.46. The first kappa shape index (κ1) is 15.9. The van der Waals surface area contributed by atoms with E-state index in [9.17, 15) is 14.9 Å². The first-order valence-electron chi connectivity index (χ1n) is 6.12. The van der Waals surface area contributed by atoms with Crippen LogP contribution >= 0.6 is 0 Å². The molecule has 0 saturated carbocycles. The van der Waals surface area contributed by atoms with Crippen LogP contribution in [-0.2, 0) is 4.74 Å². The van der Waals surface area contributed by atoms with Crippen LogP contribution in [0.5, 0.6) is 0 Å². The van der Waals surface area contributed by atoms with Crippen LogP contribution in [0.2, 0.25) is 0 Å². The van der Waals surface area contributed by atoms with Crippen molar-refractivity contribution >= 4 is 17.3 Å². The molecule has 0 atom stereocenters. The fourth-order valence-corrected chi connectivity index (χ4v) is 1.63. The minimum atomic E-state index is -0.560. The number of rotatable bonds is 8. The van der Waals surface area contributed by atoms with Crippen molar-refractivity contribution in [3.8, 4) is 0 Å². The summed E-state index contributed by atoms with van der Waals surface area (Å²) in [6.07, 6.45) is 1.59. The first-order valence-corrected chi connectivity index (χ1v) is 6.12. The van der Waals surface area contributed by atoms with Crippen molar-refractivity contribution in [2.75, 3.05) is 25.7 Å². The number of amides is 1. The number of hydrogen-bond donors (Lipinski definition) is 3. The van der Waals surface area contributed by atoms with Crippen LogP contribution in [-0.4, -0.2) is 31.1 Å². The van der Waals surface area contributed by atoms with E-state index in [2.05, 4.69) is 10.7 Å². The van der Waals surface area contributed by atoms with Crippen LogP contribution in [0.15, 0.2) is 18.2 Å². The molecular weight excluding hydrogens is 264 g/mol. The Balaban J connectivity index is 2.70. The zero-order valence-electron chi connectivity index (χ0n) is 11.2. The number of carbonyl (C=O) groups is 1. The molecule has 0 unspecified atom stereocenters. The lowest BCUT2D eigenvalue weighted by molar-refractivity contribution is -0.384. The summed E-state index contributed by atoms with van der Waals surface area (Å²) >= 11 is 0. The van der Waals surface area contributed by atoms with E-state index in [0.29, 0.717) is 18.8 Å². The van der Waals surface area contributed by atoms with Gasteiger partial charge in [0, 0.05) is 32.4 Å². The summed E-state index contributed by atoms with van der Waals surface area (Å²) in [4.78, 5) is 22.1. The Morgan fingerprint density at radius 1 is 1.45 bits per heavy atom. The number of nitrogens with one attached hydrogen (secondary N) is 2. The molecule has 0 aliphatic rings. The summed E-state index contributed by atoms with van der Waals surface area (Å²) in [6.45, 7) is 1.09. The van der Waals surface area contributed by atoms with Crippen molar-refractivity contribution in [1.29, 1.82) is 0 Å². The van der Waals surface area contributed by atoms with Crippen molar-refractivity contribution in [1.82, 2.24) is 5.32 Å². The van der Waals surface area contributed by atoms with E-state index in [4.69, 9.17) is 10.6 Å². The van der Waals surface area contributed by atoms with Gasteiger partial charge in [0.05, 0.1) is 16.2 Å². The fraction of sp³-hybridized carbons (Fsp3) is 0.417. The SMILES string of the molecule is COCCCCNC(=O)c1cc([N+](=O)[O-])ccc1NN. The van der Waals surface area contributed by atoms with Crippen molar-refractivity contribution < 1.29 is 14.5 Å². The van der Waals surface area contributed by atoms with Gasteiger partial charge in [-0.05, 0) is 18.9 Å². The maximum absolute atomic E-state index is 12.0. The van der Waals surface area contributed by atoms with Gasteiger partial charge in [0.2, 0.25) is 0 Å². The third-order valence-electron chi connectivity index (χ3n) is 2.67. The number of nitro benzene ring substituents is 1. The van der Waals surface area contributed by atoms with E-state index in [1.54, 1.807) is 7.11 Å². The summed E-state index contributed by atoms with van der Waals surface area (Å²) < 4.78 is 4.90.